The Labute approximate surface area is 121 Å². The number of benzene rings is 1. The van der Waals surface area contributed by atoms with Crippen molar-refractivity contribution in [1.82, 2.24) is 4.98 Å². The van der Waals surface area contributed by atoms with Gasteiger partial charge in [-0.1, -0.05) is 6.07 Å². The maximum Gasteiger partial charge on any atom is 0.307 e. The molecule has 0 saturated carbocycles. The van der Waals surface area contributed by atoms with Crippen LogP contribution < -0.4 is 4.74 Å². The van der Waals surface area contributed by atoms with Crippen molar-refractivity contribution in [2.45, 2.75) is 12.8 Å². The SMILES string of the molecule is O=C(O)Cc1ccc(OCCCCl)c(-c2cocn2)c1. The molecule has 6 heteroatoms. The van der Waals surface area contributed by atoms with Crippen molar-refractivity contribution in [3.05, 3.63) is 36.4 Å². The van der Waals surface area contributed by atoms with Crippen molar-refractivity contribution in [3.8, 4) is 17.0 Å². The summed E-state index contributed by atoms with van der Waals surface area (Å²) in [6.07, 6.45) is 3.50. The average molecular weight is 296 g/mol. The summed E-state index contributed by atoms with van der Waals surface area (Å²) in [4.78, 5) is 14.9. The van der Waals surface area contributed by atoms with E-state index in [-0.39, 0.29) is 6.42 Å². The Kier molecular flexibility index (Phi) is 5.01. The van der Waals surface area contributed by atoms with E-state index < -0.39 is 5.97 Å². The van der Waals surface area contributed by atoms with Crippen molar-refractivity contribution in [2.75, 3.05) is 12.5 Å². The third-order valence-corrected chi connectivity index (χ3v) is 2.91. The van der Waals surface area contributed by atoms with Crippen molar-refractivity contribution in [3.63, 3.8) is 0 Å². The zero-order valence-corrected chi connectivity index (χ0v) is 11.5. The van der Waals surface area contributed by atoms with Gasteiger partial charge in [0, 0.05) is 11.4 Å². The van der Waals surface area contributed by atoms with Crippen LogP contribution in [0.3, 0.4) is 0 Å². The monoisotopic (exact) mass is 295 g/mol. The Morgan fingerprint density at radius 3 is 2.95 bits per heavy atom. The van der Waals surface area contributed by atoms with E-state index in [0.29, 0.717) is 35.1 Å². The fraction of sp³-hybridized carbons (Fsp3) is 0.286. The number of alkyl halides is 1. The number of ether oxygens (including phenoxy) is 1. The van der Waals surface area contributed by atoms with Gasteiger partial charge in [0.15, 0.2) is 6.39 Å². The molecule has 0 atom stereocenters. The van der Waals surface area contributed by atoms with Crippen molar-refractivity contribution in [2.24, 2.45) is 0 Å². The summed E-state index contributed by atoms with van der Waals surface area (Å²) in [5.41, 5.74) is 2.00. The molecule has 0 amide bonds. The summed E-state index contributed by atoms with van der Waals surface area (Å²) in [5.74, 6) is 0.279. The highest BCUT2D eigenvalue weighted by atomic mass is 35.5. The first kappa shape index (κ1) is 14.4. The van der Waals surface area contributed by atoms with Gasteiger partial charge in [-0.2, -0.15) is 0 Å². The molecule has 2 rings (SSSR count). The maximum absolute atomic E-state index is 10.8. The van der Waals surface area contributed by atoms with Gasteiger partial charge in [-0.15, -0.1) is 11.6 Å². The molecule has 1 N–H and O–H groups in total. The van der Waals surface area contributed by atoms with E-state index in [0.717, 1.165) is 6.42 Å². The molecule has 2 aromatic rings. The van der Waals surface area contributed by atoms with Gasteiger partial charge < -0.3 is 14.3 Å². The molecule has 0 saturated heterocycles. The molecular formula is C14H14ClNO4. The number of nitrogens with zero attached hydrogens (tertiary/aromatic N) is 1. The van der Waals surface area contributed by atoms with Crippen LogP contribution in [-0.4, -0.2) is 28.5 Å². The summed E-state index contributed by atoms with van der Waals surface area (Å²) in [7, 11) is 0. The molecule has 0 aliphatic carbocycles. The Hall–Kier alpha value is -2.01. The number of carboxylic acids is 1. The number of hydrogen-bond donors (Lipinski definition) is 1. The van der Waals surface area contributed by atoms with Crippen LogP contribution in [0.5, 0.6) is 5.75 Å². The third kappa shape index (κ3) is 3.74. The van der Waals surface area contributed by atoms with Gasteiger partial charge in [0.1, 0.15) is 17.7 Å². The second kappa shape index (κ2) is 6.96. The molecule has 106 valence electrons. The smallest absolute Gasteiger partial charge is 0.307 e. The summed E-state index contributed by atoms with van der Waals surface area (Å²) in [6.45, 7) is 0.493. The number of halogens is 1. The van der Waals surface area contributed by atoms with Crippen molar-refractivity contribution >= 4 is 17.6 Å². The predicted octanol–water partition coefficient (Wildman–Crippen LogP) is 2.98. The van der Waals surface area contributed by atoms with Crippen LogP contribution in [0, 0.1) is 0 Å². The highest BCUT2D eigenvalue weighted by Crippen LogP contribution is 2.30. The minimum atomic E-state index is -0.882. The first-order valence-electron chi connectivity index (χ1n) is 6.12. The second-order valence-electron chi connectivity index (χ2n) is 4.17. The minimum Gasteiger partial charge on any atom is -0.493 e. The number of aromatic nitrogens is 1. The molecule has 0 spiro atoms. The van der Waals surface area contributed by atoms with Gasteiger partial charge in [0.25, 0.3) is 0 Å². The van der Waals surface area contributed by atoms with Crippen molar-refractivity contribution in [1.29, 1.82) is 0 Å². The van der Waals surface area contributed by atoms with E-state index in [1.807, 2.05) is 0 Å². The largest absolute Gasteiger partial charge is 0.493 e. The number of carbonyl (C=O) groups is 1. The zero-order chi connectivity index (χ0) is 14.4. The lowest BCUT2D eigenvalue weighted by Crippen LogP contribution is -2.03. The van der Waals surface area contributed by atoms with E-state index in [1.54, 1.807) is 18.2 Å². The van der Waals surface area contributed by atoms with Crippen LogP contribution in [0.1, 0.15) is 12.0 Å². The maximum atomic E-state index is 10.8. The molecule has 0 fully saturated rings. The summed E-state index contributed by atoms with van der Waals surface area (Å²) in [6, 6.07) is 5.23. The average Bonchev–Trinajstić information content (AvgIpc) is 2.93. The fourth-order valence-corrected chi connectivity index (χ4v) is 1.88. The van der Waals surface area contributed by atoms with E-state index in [4.69, 9.17) is 25.9 Å². The highest BCUT2D eigenvalue weighted by molar-refractivity contribution is 6.17. The number of rotatable bonds is 7. The van der Waals surface area contributed by atoms with Crippen LogP contribution >= 0.6 is 11.6 Å². The molecule has 0 aliphatic rings. The zero-order valence-electron chi connectivity index (χ0n) is 10.7. The number of hydrogen-bond acceptors (Lipinski definition) is 4. The van der Waals surface area contributed by atoms with Gasteiger partial charge in [-0.25, -0.2) is 4.98 Å². The molecule has 1 aromatic heterocycles. The van der Waals surface area contributed by atoms with Crippen LogP contribution in [0.4, 0.5) is 0 Å². The summed E-state index contributed by atoms with van der Waals surface area (Å²) >= 11 is 5.62. The Balaban J connectivity index is 2.28. The quantitative estimate of drug-likeness (QED) is 0.628. The molecule has 0 aliphatic heterocycles. The van der Waals surface area contributed by atoms with Crippen LogP contribution in [0.25, 0.3) is 11.3 Å². The first-order chi connectivity index (χ1) is 9.70. The number of carboxylic acid groups (broad SMARTS) is 1. The van der Waals surface area contributed by atoms with E-state index in [2.05, 4.69) is 4.98 Å². The molecule has 1 heterocycles. The molecule has 0 radical (unpaired) electrons. The van der Waals surface area contributed by atoms with Gasteiger partial charge in [0.05, 0.1) is 13.0 Å². The lowest BCUT2D eigenvalue weighted by molar-refractivity contribution is -0.136. The summed E-state index contributed by atoms with van der Waals surface area (Å²) < 4.78 is 10.6. The van der Waals surface area contributed by atoms with Crippen LogP contribution in [-0.2, 0) is 11.2 Å². The standard InChI is InChI=1S/C14H14ClNO4/c15-4-1-5-20-13-3-2-10(7-14(17)18)6-11(13)12-8-19-9-16-12/h2-3,6,8-9H,1,4-5,7H2,(H,17,18). The molecular weight excluding hydrogens is 282 g/mol. The fourth-order valence-electron chi connectivity index (χ4n) is 1.77. The van der Waals surface area contributed by atoms with Crippen LogP contribution in [0.15, 0.2) is 35.3 Å². The third-order valence-electron chi connectivity index (χ3n) is 2.64. The van der Waals surface area contributed by atoms with Gasteiger partial charge in [-0.3, -0.25) is 4.79 Å². The number of aliphatic carboxylic acids is 1. The van der Waals surface area contributed by atoms with Crippen LogP contribution in [0.2, 0.25) is 0 Å². The topological polar surface area (TPSA) is 72.6 Å². The highest BCUT2D eigenvalue weighted by Gasteiger charge is 2.12. The minimum absolute atomic E-state index is 0.0488. The summed E-state index contributed by atoms with van der Waals surface area (Å²) in [5, 5.41) is 8.85. The number of oxazole rings is 1. The van der Waals surface area contributed by atoms with Crippen molar-refractivity contribution < 1.29 is 19.1 Å². The van der Waals surface area contributed by atoms with Gasteiger partial charge in [0.2, 0.25) is 0 Å². The first-order valence-corrected chi connectivity index (χ1v) is 6.66. The van der Waals surface area contributed by atoms with E-state index in [9.17, 15) is 4.79 Å². The normalized spacial score (nSPS) is 10.4. The Bertz CT molecular complexity index is 569. The second-order valence-corrected chi connectivity index (χ2v) is 4.54. The molecule has 1 aromatic carbocycles. The lowest BCUT2D eigenvalue weighted by Gasteiger charge is -2.11. The molecule has 20 heavy (non-hydrogen) atoms. The van der Waals surface area contributed by atoms with E-state index >= 15 is 0 Å². The van der Waals surface area contributed by atoms with Gasteiger partial charge in [-0.05, 0) is 24.1 Å². The lowest BCUT2D eigenvalue weighted by atomic mass is 10.1. The Morgan fingerprint density at radius 2 is 2.30 bits per heavy atom. The Morgan fingerprint density at radius 1 is 1.45 bits per heavy atom. The van der Waals surface area contributed by atoms with Gasteiger partial charge >= 0.3 is 5.97 Å². The molecule has 0 bridgehead atoms. The predicted molar refractivity (Wildman–Crippen MR) is 74.1 cm³/mol. The molecule has 5 nitrogen and oxygen atoms in total. The van der Waals surface area contributed by atoms with E-state index in [1.165, 1.54) is 12.7 Å². The molecule has 0 unspecified atom stereocenters.